The molecule has 1 fully saturated rings. The first-order valence-electron chi connectivity index (χ1n) is 9.10. The summed E-state index contributed by atoms with van der Waals surface area (Å²) >= 11 is 1.65. The molecule has 6 heteroatoms. The molecule has 144 valence electrons. The number of sulfonamides is 1. The Morgan fingerprint density at radius 1 is 0.893 bits per heavy atom. The summed E-state index contributed by atoms with van der Waals surface area (Å²) in [5.41, 5.74) is 2.08. The van der Waals surface area contributed by atoms with Gasteiger partial charge in [0.2, 0.25) is 10.0 Å². The van der Waals surface area contributed by atoms with Crippen LogP contribution in [-0.2, 0) is 16.6 Å². The fourth-order valence-electron chi connectivity index (χ4n) is 3.16. The second-order valence-corrected chi connectivity index (χ2v) is 9.57. The van der Waals surface area contributed by atoms with Crippen molar-refractivity contribution in [1.29, 1.82) is 0 Å². The molecule has 4 nitrogen and oxygen atoms in total. The molecule has 0 unspecified atom stereocenters. The monoisotopic (exact) mass is 411 g/mol. The van der Waals surface area contributed by atoms with Crippen molar-refractivity contribution in [2.75, 3.05) is 12.3 Å². The molecule has 0 bridgehead atoms. The summed E-state index contributed by atoms with van der Waals surface area (Å²) in [6.07, 6.45) is 0. The third kappa shape index (κ3) is 4.09. The lowest BCUT2D eigenvalue weighted by Crippen LogP contribution is -2.30. The molecule has 0 radical (unpaired) electrons. The highest BCUT2D eigenvalue weighted by atomic mass is 32.2. The van der Waals surface area contributed by atoms with E-state index < -0.39 is 10.0 Å². The lowest BCUT2D eigenvalue weighted by molar-refractivity contribution is 0.306. The summed E-state index contributed by atoms with van der Waals surface area (Å²) in [6, 6.07) is 26.4. The third-order valence-corrected chi connectivity index (χ3v) is 7.89. The molecule has 0 aromatic heterocycles. The Kier molecular flexibility index (Phi) is 5.71. The summed E-state index contributed by atoms with van der Waals surface area (Å²) in [4.78, 5) is 0.338. The minimum Gasteiger partial charge on any atom is -0.489 e. The summed E-state index contributed by atoms with van der Waals surface area (Å²) in [7, 11) is -3.51. The molecule has 28 heavy (non-hydrogen) atoms. The minimum atomic E-state index is -3.51. The molecular formula is C22H21NO3S2. The molecule has 1 aliphatic heterocycles. The van der Waals surface area contributed by atoms with E-state index in [-0.39, 0.29) is 5.37 Å². The van der Waals surface area contributed by atoms with Gasteiger partial charge in [-0.15, -0.1) is 11.8 Å². The van der Waals surface area contributed by atoms with Crippen LogP contribution in [0.1, 0.15) is 16.5 Å². The normalized spacial score (nSPS) is 17.5. The maximum Gasteiger partial charge on any atom is 0.244 e. The van der Waals surface area contributed by atoms with Gasteiger partial charge in [0, 0.05) is 12.3 Å². The highest BCUT2D eigenvalue weighted by molar-refractivity contribution is 8.01. The summed E-state index contributed by atoms with van der Waals surface area (Å²) in [5, 5.41) is -0.214. The standard InChI is InChI=1S/C22H21NO3S2/c24-28(25,21-9-5-2-6-10-21)23-15-16-27-22(23)19-11-13-20(14-12-19)26-17-18-7-3-1-4-8-18/h1-14,22H,15-17H2/t22-/m1/s1. The topological polar surface area (TPSA) is 46.6 Å². The molecule has 0 N–H and O–H groups in total. The smallest absolute Gasteiger partial charge is 0.244 e. The molecule has 0 aliphatic carbocycles. The average molecular weight is 412 g/mol. The van der Waals surface area contributed by atoms with E-state index in [4.69, 9.17) is 4.74 Å². The van der Waals surface area contributed by atoms with Gasteiger partial charge in [0.1, 0.15) is 12.4 Å². The Labute approximate surface area is 170 Å². The molecular weight excluding hydrogens is 390 g/mol. The number of hydrogen-bond acceptors (Lipinski definition) is 4. The van der Waals surface area contributed by atoms with Gasteiger partial charge in [-0.1, -0.05) is 60.7 Å². The molecule has 0 amide bonds. The van der Waals surface area contributed by atoms with Crippen molar-refractivity contribution in [3.63, 3.8) is 0 Å². The molecule has 1 heterocycles. The van der Waals surface area contributed by atoms with Crippen molar-refractivity contribution in [3.8, 4) is 5.75 Å². The van der Waals surface area contributed by atoms with Crippen LogP contribution in [0, 0.1) is 0 Å². The second-order valence-electron chi connectivity index (χ2n) is 6.50. The van der Waals surface area contributed by atoms with Gasteiger partial charge in [-0.2, -0.15) is 4.31 Å². The van der Waals surface area contributed by atoms with Crippen LogP contribution in [0.2, 0.25) is 0 Å². The lowest BCUT2D eigenvalue weighted by Gasteiger charge is -2.23. The lowest BCUT2D eigenvalue weighted by atomic mass is 10.2. The van der Waals surface area contributed by atoms with Gasteiger partial charge in [0.25, 0.3) is 0 Å². The van der Waals surface area contributed by atoms with Gasteiger partial charge < -0.3 is 4.74 Å². The first-order valence-corrected chi connectivity index (χ1v) is 11.6. The van der Waals surface area contributed by atoms with Gasteiger partial charge in [-0.25, -0.2) is 8.42 Å². The van der Waals surface area contributed by atoms with E-state index in [2.05, 4.69) is 0 Å². The highest BCUT2D eigenvalue weighted by Gasteiger charge is 2.36. The van der Waals surface area contributed by atoms with E-state index in [1.54, 1.807) is 40.3 Å². The number of hydrogen-bond donors (Lipinski definition) is 0. The molecule has 1 aliphatic rings. The van der Waals surface area contributed by atoms with Gasteiger partial charge >= 0.3 is 0 Å². The molecule has 1 saturated heterocycles. The summed E-state index contributed by atoms with van der Waals surface area (Å²) in [6.45, 7) is 1.02. The Bertz CT molecular complexity index is 1010. The largest absolute Gasteiger partial charge is 0.489 e. The van der Waals surface area contributed by atoms with E-state index in [9.17, 15) is 8.42 Å². The van der Waals surface area contributed by atoms with Crippen LogP contribution in [-0.4, -0.2) is 25.0 Å². The van der Waals surface area contributed by atoms with Crippen molar-refractivity contribution in [1.82, 2.24) is 4.31 Å². The maximum absolute atomic E-state index is 13.0. The number of rotatable bonds is 6. The van der Waals surface area contributed by atoms with Gasteiger partial charge in [-0.05, 0) is 35.4 Å². The Morgan fingerprint density at radius 2 is 1.54 bits per heavy atom. The van der Waals surface area contributed by atoms with Gasteiger partial charge in [0.15, 0.2) is 0 Å². The van der Waals surface area contributed by atoms with Crippen LogP contribution < -0.4 is 4.74 Å². The fraction of sp³-hybridized carbons (Fsp3) is 0.182. The Hall–Kier alpha value is -2.28. The summed E-state index contributed by atoms with van der Waals surface area (Å²) in [5.74, 6) is 1.55. The number of ether oxygens (including phenoxy) is 1. The molecule has 3 aromatic rings. The van der Waals surface area contributed by atoms with Crippen molar-refractivity contribution in [2.24, 2.45) is 0 Å². The molecule has 3 aromatic carbocycles. The van der Waals surface area contributed by atoms with Gasteiger partial charge in [-0.3, -0.25) is 0 Å². The zero-order valence-electron chi connectivity index (χ0n) is 15.3. The Balaban J connectivity index is 1.49. The first-order chi connectivity index (χ1) is 13.6. The van der Waals surface area contributed by atoms with E-state index in [0.29, 0.717) is 18.0 Å². The average Bonchev–Trinajstić information content (AvgIpc) is 3.25. The molecule has 4 rings (SSSR count). The predicted octanol–water partition coefficient (Wildman–Crippen LogP) is 4.70. The van der Waals surface area contributed by atoms with E-state index in [1.165, 1.54) is 0 Å². The van der Waals surface area contributed by atoms with Crippen LogP contribution in [0.5, 0.6) is 5.75 Å². The SMILES string of the molecule is O=S(=O)(c1ccccc1)N1CCS[C@@H]1c1ccc(OCc2ccccc2)cc1. The van der Waals surface area contributed by atoms with Crippen molar-refractivity contribution in [3.05, 3.63) is 96.1 Å². The van der Waals surface area contributed by atoms with Crippen LogP contribution >= 0.6 is 11.8 Å². The second kappa shape index (κ2) is 8.39. The highest BCUT2D eigenvalue weighted by Crippen LogP contribution is 2.41. The Morgan fingerprint density at radius 3 is 2.21 bits per heavy atom. The first kappa shape index (κ1) is 19.1. The summed E-state index contributed by atoms with van der Waals surface area (Å²) < 4.78 is 33.5. The van der Waals surface area contributed by atoms with Crippen molar-refractivity contribution < 1.29 is 13.2 Å². The number of nitrogens with zero attached hydrogens (tertiary/aromatic N) is 1. The van der Waals surface area contributed by atoms with E-state index in [0.717, 1.165) is 22.6 Å². The van der Waals surface area contributed by atoms with E-state index >= 15 is 0 Å². The zero-order valence-corrected chi connectivity index (χ0v) is 16.9. The molecule has 1 atom stereocenters. The van der Waals surface area contributed by atoms with Crippen LogP contribution in [0.25, 0.3) is 0 Å². The number of benzene rings is 3. The van der Waals surface area contributed by atoms with Crippen LogP contribution in [0.15, 0.2) is 89.8 Å². The molecule has 0 spiro atoms. The number of thioether (sulfide) groups is 1. The van der Waals surface area contributed by atoms with Crippen molar-refractivity contribution in [2.45, 2.75) is 16.9 Å². The van der Waals surface area contributed by atoms with E-state index in [1.807, 2.05) is 60.7 Å². The van der Waals surface area contributed by atoms with Crippen LogP contribution in [0.3, 0.4) is 0 Å². The van der Waals surface area contributed by atoms with Gasteiger partial charge in [0.05, 0.1) is 10.3 Å². The van der Waals surface area contributed by atoms with Crippen molar-refractivity contribution >= 4 is 21.8 Å². The van der Waals surface area contributed by atoms with Crippen LogP contribution in [0.4, 0.5) is 0 Å². The predicted molar refractivity (Wildman–Crippen MR) is 113 cm³/mol. The fourth-order valence-corrected chi connectivity index (χ4v) is 6.42. The minimum absolute atomic E-state index is 0.214. The maximum atomic E-state index is 13.0. The molecule has 0 saturated carbocycles. The third-order valence-electron chi connectivity index (χ3n) is 4.61. The zero-order chi connectivity index (χ0) is 19.4. The quantitative estimate of drug-likeness (QED) is 0.590.